The van der Waals surface area contributed by atoms with Crippen LogP contribution >= 0.6 is 0 Å². The number of hydrogen-bond acceptors (Lipinski definition) is 4. The highest BCUT2D eigenvalue weighted by molar-refractivity contribution is 5.90. The lowest BCUT2D eigenvalue weighted by Gasteiger charge is -2.02. The van der Waals surface area contributed by atoms with Crippen molar-refractivity contribution in [2.75, 3.05) is 6.61 Å². The van der Waals surface area contributed by atoms with Crippen LogP contribution in [0.2, 0.25) is 0 Å². The van der Waals surface area contributed by atoms with E-state index in [1.165, 1.54) is 0 Å². The number of aryl methyl sites for hydroxylation is 2. The molecule has 5 heteroatoms. The number of amides is 1. The molecule has 1 aromatic rings. The van der Waals surface area contributed by atoms with Gasteiger partial charge in [-0.2, -0.15) is 0 Å². The molecule has 0 aromatic carbocycles. The molecular formula is C11H15NO4. The molecule has 88 valence electrons. The Balaban J connectivity index is 2.41. The summed E-state index contributed by atoms with van der Waals surface area (Å²) in [7, 11) is 0. The number of furan rings is 1. The molecule has 0 bridgehead atoms. The molecule has 1 aromatic heterocycles. The Kier molecular flexibility index (Phi) is 4.10. The average molecular weight is 225 g/mol. The molecule has 0 radical (unpaired) electrons. The lowest BCUT2D eigenvalue weighted by atomic mass is 10.2. The third-order valence-electron chi connectivity index (χ3n) is 2.06. The number of ether oxygens (including phenoxy) is 1. The normalized spacial score (nSPS) is 10.1. The summed E-state index contributed by atoms with van der Waals surface area (Å²) in [5.74, 6) is 0.379. The first-order chi connectivity index (χ1) is 7.50. The minimum Gasteiger partial charge on any atom is -0.466 e. The van der Waals surface area contributed by atoms with E-state index in [4.69, 9.17) is 14.9 Å². The molecule has 0 aliphatic heterocycles. The van der Waals surface area contributed by atoms with E-state index < -0.39 is 11.9 Å². The highest BCUT2D eigenvalue weighted by Gasteiger charge is 2.14. The van der Waals surface area contributed by atoms with E-state index in [1.54, 1.807) is 19.9 Å². The fourth-order valence-electron chi connectivity index (χ4n) is 1.32. The van der Waals surface area contributed by atoms with Gasteiger partial charge in [-0.05, 0) is 26.3 Å². The summed E-state index contributed by atoms with van der Waals surface area (Å²) in [6, 6.07) is 1.63. The third-order valence-corrected chi connectivity index (χ3v) is 2.06. The van der Waals surface area contributed by atoms with Crippen LogP contribution in [0.25, 0.3) is 0 Å². The maximum absolute atomic E-state index is 11.5. The lowest BCUT2D eigenvalue weighted by Crippen LogP contribution is -2.13. The fourth-order valence-corrected chi connectivity index (χ4v) is 1.32. The number of carbonyl (C=O) groups excluding carboxylic acids is 2. The molecule has 0 atom stereocenters. The summed E-state index contributed by atoms with van der Waals surface area (Å²) in [6.07, 6.45) is 0.660. The number of carbonyl (C=O) groups is 2. The second-order valence-corrected chi connectivity index (χ2v) is 3.53. The molecule has 16 heavy (non-hydrogen) atoms. The van der Waals surface area contributed by atoms with Crippen LogP contribution in [-0.4, -0.2) is 18.5 Å². The fraction of sp³-hybridized carbons (Fsp3) is 0.455. The zero-order chi connectivity index (χ0) is 12.1. The van der Waals surface area contributed by atoms with Crippen molar-refractivity contribution in [1.82, 2.24) is 0 Å². The molecule has 1 rings (SSSR count). The van der Waals surface area contributed by atoms with E-state index in [0.29, 0.717) is 23.5 Å². The molecule has 0 unspecified atom stereocenters. The van der Waals surface area contributed by atoms with Crippen LogP contribution in [-0.2, 0) is 9.53 Å². The van der Waals surface area contributed by atoms with Crippen LogP contribution in [0.4, 0.5) is 0 Å². The molecule has 0 saturated heterocycles. The van der Waals surface area contributed by atoms with E-state index in [-0.39, 0.29) is 13.0 Å². The van der Waals surface area contributed by atoms with E-state index in [1.807, 2.05) is 0 Å². The van der Waals surface area contributed by atoms with Gasteiger partial charge in [0.05, 0.1) is 6.61 Å². The molecule has 1 heterocycles. The van der Waals surface area contributed by atoms with Gasteiger partial charge in [0.15, 0.2) is 0 Å². The summed E-state index contributed by atoms with van der Waals surface area (Å²) < 4.78 is 10.2. The van der Waals surface area contributed by atoms with Crippen molar-refractivity contribution in [3.63, 3.8) is 0 Å². The van der Waals surface area contributed by atoms with E-state index in [2.05, 4.69) is 0 Å². The maximum atomic E-state index is 11.5. The second kappa shape index (κ2) is 5.34. The standard InChI is InChI=1S/C11H15NO4/c1-7-6-9(8(2)16-7)11(14)15-5-3-4-10(12)13/h6H,3-5H2,1-2H3,(H2,12,13). The number of primary amides is 1. The van der Waals surface area contributed by atoms with Crippen LogP contribution in [0.5, 0.6) is 0 Å². The number of esters is 1. The summed E-state index contributed by atoms with van der Waals surface area (Å²) in [4.78, 5) is 22.0. The van der Waals surface area contributed by atoms with Crippen molar-refractivity contribution in [3.05, 3.63) is 23.2 Å². The van der Waals surface area contributed by atoms with Crippen LogP contribution in [0, 0.1) is 13.8 Å². The van der Waals surface area contributed by atoms with Gasteiger partial charge in [-0.25, -0.2) is 4.79 Å². The SMILES string of the molecule is Cc1cc(C(=O)OCCCC(N)=O)c(C)o1. The largest absolute Gasteiger partial charge is 0.466 e. The number of hydrogen-bond donors (Lipinski definition) is 1. The molecular weight excluding hydrogens is 210 g/mol. The van der Waals surface area contributed by atoms with E-state index >= 15 is 0 Å². The van der Waals surface area contributed by atoms with Crippen LogP contribution in [0.3, 0.4) is 0 Å². The van der Waals surface area contributed by atoms with Gasteiger partial charge in [0.25, 0.3) is 0 Å². The first-order valence-electron chi connectivity index (χ1n) is 5.03. The molecule has 5 nitrogen and oxygen atoms in total. The van der Waals surface area contributed by atoms with Crippen molar-refractivity contribution in [2.45, 2.75) is 26.7 Å². The topological polar surface area (TPSA) is 82.5 Å². The van der Waals surface area contributed by atoms with Gasteiger partial charge in [-0.15, -0.1) is 0 Å². The molecule has 0 spiro atoms. The summed E-state index contributed by atoms with van der Waals surface area (Å²) in [5.41, 5.74) is 5.38. The lowest BCUT2D eigenvalue weighted by molar-refractivity contribution is -0.118. The van der Waals surface area contributed by atoms with Crippen LogP contribution < -0.4 is 5.73 Å². The average Bonchev–Trinajstić information content (AvgIpc) is 2.52. The Bertz CT molecular complexity index is 395. The summed E-state index contributed by atoms with van der Waals surface area (Å²) in [6.45, 7) is 3.65. The minimum absolute atomic E-state index is 0.186. The quantitative estimate of drug-likeness (QED) is 0.605. The molecule has 0 aliphatic carbocycles. The van der Waals surface area contributed by atoms with Crippen LogP contribution in [0.1, 0.15) is 34.7 Å². The van der Waals surface area contributed by atoms with Crippen molar-refractivity contribution in [2.24, 2.45) is 5.73 Å². The van der Waals surface area contributed by atoms with Gasteiger partial charge in [0.2, 0.25) is 5.91 Å². The Hall–Kier alpha value is -1.78. The molecule has 0 aliphatic rings. The monoisotopic (exact) mass is 225 g/mol. The third kappa shape index (κ3) is 3.42. The highest BCUT2D eigenvalue weighted by atomic mass is 16.5. The number of nitrogens with two attached hydrogens (primary N) is 1. The molecule has 2 N–H and O–H groups in total. The van der Waals surface area contributed by atoms with Crippen molar-refractivity contribution in [1.29, 1.82) is 0 Å². The van der Waals surface area contributed by atoms with E-state index in [0.717, 1.165) is 0 Å². The zero-order valence-electron chi connectivity index (χ0n) is 9.41. The highest BCUT2D eigenvalue weighted by Crippen LogP contribution is 2.14. The minimum atomic E-state index is -0.432. The van der Waals surface area contributed by atoms with Gasteiger partial charge in [0, 0.05) is 6.42 Å². The zero-order valence-corrected chi connectivity index (χ0v) is 9.41. The predicted octanol–water partition coefficient (Wildman–Crippen LogP) is 1.32. The Morgan fingerprint density at radius 3 is 2.62 bits per heavy atom. The summed E-state index contributed by atoms with van der Waals surface area (Å²) in [5, 5.41) is 0. The molecule has 0 saturated carbocycles. The van der Waals surface area contributed by atoms with Crippen molar-refractivity contribution in [3.8, 4) is 0 Å². The maximum Gasteiger partial charge on any atom is 0.341 e. The van der Waals surface area contributed by atoms with E-state index in [9.17, 15) is 9.59 Å². The van der Waals surface area contributed by atoms with Gasteiger partial charge < -0.3 is 14.9 Å². The summed E-state index contributed by atoms with van der Waals surface area (Å²) >= 11 is 0. The van der Waals surface area contributed by atoms with Crippen LogP contribution in [0.15, 0.2) is 10.5 Å². The van der Waals surface area contributed by atoms with Gasteiger partial charge in [-0.3, -0.25) is 4.79 Å². The van der Waals surface area contributed by atoms with Gasteiger partial charge in [0.1, 0.15) is 17.1 Å². The molecule has 0 fully saturated rings. The Labute approximate surface area is 93.6 Å². The van der Waals surface area contributed by atoms with Crippen molar-refractivity contribution < 1.29 is 18.7 Å². The first-order valence-corrected chi connectivity index (χ1v) is 5.03. The second-order valence-electron chi connectivity index (χ2n) is 3.53. The Morgan fingerprint density at radius 1 is 1.44 bits per heavy atom. The first kappa shape index (κ1) is 12.3. The number of rotatable bonds is 5. The Morgan fingerprint density at radius 2 is 2.12 bits per heavy atom. The smallest absolute Gasteiger partial charge is 0.341 e. The van der Waals surface area contributed by atoms with Crippen molar-refractivity contribution >= 4 is 11.9 Å². The molecule has 1 amide bonds. The van der Waals surface area contributed by atoms with Gasteiger partial charge in [-0.1, -0.05) is 0 Å². The predicted molar refractivity (Wildman–Crippen MR) is 56.9 cm³/mol. The van der Waals surface area contributed by atoms with Gasteiger partial charge >= 0.3 is 5.97 Å².